The van der Waals surface area contributed by atoms with E-state index in [4.69, 9.17) is 0 Å². The molecule has 5 rings (SSSR count). The average Bonchev–Trinajstić information content (AvgIpc) is 2.74. The Balaban J connectivity index is 1.67. The molecule has 2 heterocycles. The summed E-state index contributed by atoms with van der Waals surface area (Å²) < 4.78 is 13.1. The first kappa shape index (κ1) is 17.1. The smallest absolute Gasteiger partial charge is 0.262 e. The van der Waals surface area contributed by atoms with E-state index >= 15 is 0 Å². The van der Waals surface area contributed by atoms with Crippen molar-refractivity contribution < 1.29 is 4.39 Å². The van der Waals surface area contributed by atoms with Crippen molar-refractivity contribution in [2.24, 2.45) is 0 Å². The van der Waals surface area contributed by atoms with Crippen molar-refractivity contribution in [1.29, 1.82) is 0 Å². The minimum Gasteiger partial charge on any atom is -0.326 e. The second-order valence-corrected chi connectivity index (χ2v) is 6.63. The number of anilines is 2. The summed E-state index contributed by atoms with van der Waals surface area (Å²) in [6.07, 6.45) is 1.65. The molecule has 2 N–H and O–H groups in total. The largest absolute Gasteiger partial charge is 0.326 e. The zero-order chi connectivity index (χ0) is 19.8. The summed E-state index contributed by atoms with van der Waals surface area (Å²) in [5.74, 6) is -0.0893. The Morgan fingerprint density at radius 3 is 2.52 bits per heavy atom. The molecule has 0 aliphatic heterocycles. The highest BCUT2D eigenvalue weighted by molar-refractivity contribution is 6.03. The predicted molar refractivity (Wildman–Crippen MR) is 113 cm³/mol. The maximum atomic E-state index is 13.1. The number of aromatic nitrogens is 3. The van der Waals surface area contributed by atoms with Gasteiger partial charge in [-0.2, -0.15) is 4.98 Å². The molecule has 0 amide bonds. The van der Waals surface area contributed by atoms with E-state index in [-0.39, 0.29) is 17.3 Å². The first-order valence-corrected chi connectivity index (χ1v) is 9.09. The molecule has 0 unspecified atom stereocenters. The lowest BCUT2D eigenvalue weighted by molar-refractivity contribution is 0.628. The van der Waals surface area contributed by atoms with Gasteiger partial charge in [0, 0.05) is 17.4 Å². The van der Waals surface area contributed by atoms with E-state index in [1.165, 1.54) is 12.1 Å². The lowest BCUT2D eigenvalue weighted by atomic mass is 9.97. The summed E-state index contributed by atoms with van der Waals surface area (Å²) in [7, 11) is 0. The Hall–Kier alpha value is -4.06. The molecule has 0 aliphatic rings. The zero-order valence-electron chi connectivity index (χ0n) is 15.2. The molecular weight excluding hydrogens is 367 g/mol. The number of halogens is 1. The molecule has 0 saturated heterocycles. The van der Waals surface area contributed by atoms with Gasteiger partial charge in [0.2, 0.25) is 5.95 Å². The van der Waals surface area contributed by atoms with Gasteiger partial charge in [-0.1, -0.05) is 42.5 Å². The summed E-state index contributed by atoms with van der Waals surface area (Å²) in [6, 6.07) is 21.6. The number of nitrogens with one attached hydrogen (secondary N) is 2. The number of hydrogen-bond acceptors (Lipinski definition) is 4. The van der Waals surface area contributed by atoms with Crippen LogP contribution in [0.2, 0.25) is 0 Å². The van der Waals surface area contributed by atoms with E-state index in [0.717, 1.165) is 21.9 Å². The molecule has 0 fully saturated rings. The maximum Gasteiger partial charge on any atom is 0.262 e. The van der Waals surface area contributed by atoms with Crippen LogP contribution in [0.4, 0.5) is 16.0 Å². The monoisotopic (exact) mass is 382 g/mol. The molecule has 6 heteroatoms. The third-order valence-corrected chi connectivity index (χ3v) is 4.79. The fourth-order valence-electron chi connectivity index (χ4n) is 3.48. The van der Waals surface area contributed by atoms with E-state index < -0.39 is 0 Å². The van der Waals surface area contributed by atoms with Gasteiger partial charge in [-0.25, -0.2) is 9.37 Å². The van der Waals surface area contributed by atoms with Gasteiger partial charge >= 0.3 is 0 Å². The number of rotatable bonds is 3. The van der Waals surface area contributed by atoms with E-state index in [1.54, 1.807) is 18.3 Å². The van der Waals surface area contributed by atoms with Crippen LogP contribution in [-0.4, -0.2) is 15.0 Å². The molecule has 0 radical (unpaired) electrons. The number of hydrogen-bond donors (Lipinski definition) is 2. The summed E-state index contributed by atoms with van der Waals surface area (Å²) in [5.41, 5.74) is 2.37. The highest BCUT2D eigenvalue weighted by Gasteiger charge is 2.13. The highest BCUT2D eigenvalue weighted by atomic mass is 19.1. The van der Waals surface area contributed by atoms with Crippen LogP contribution in [0.5, 0.6) is 0 Å². The van der Waals surface area contributed by atoms with Gasteiger partial charge in [0.15, 0.2) is 5.65 Å². The van der Waals surface area contributed by atoms with Crippen LogP contribution in [0.25, 0.3) is 32.9 Å². The van der Waals surface area contributed by atoms with Crippen LogP contribution in [0.15, 0.2) is 83.8 Å². The average molecular weight is 382 g/mol. The van der Waals surface area contributed by atoms with Crippen LogP contribution in [0, 0.1) is 5.82 Å². The van der Waals surface area contributed by atoms with Crippen LogP contribution in [0.1, 0.15) is 0 Å². The zero-order valence-corrected chi connectivity index (χ0v) is 15.2. The number of pyridine rings is 1. The molecule has 0 spiro atoms. The Labute approximate surface area is 164 Å². The lowest BCUT2D eigenvalue weighted by Crippen LogP contribution is -2.13. The van der Waals surface area contributed by atoms with E-state index in [9.17, 15) is 9.18 Å². The second kappa shape index (κ2) is 6.83. The van der Waals surface area contributed by atoms with Crippen LogP contribution in [-0.2, 0) is 0 Å². The predicted octanol–water partition coefficient (Wildman–Crippen LogP) is 5.02. The standard InChI is InChI=1S/C23H15FN4O/c24-15-8-10-16(11-9-15)26-23-27-21-20(22(29)28-23)19(12-13-25-21)18-7-3-5-14-4-1-2-6-17(14)18/h1-13H,(H2,25,26,27,28,29). The van der Waals surface area contributed by atoms with Gasteiger partial charge < -0.3 is 5.32 Å². The van der Waals surface area contributed by atoms with Crippen LogP contribution < -0.4 is 10.9 Å². The van der Waals surface area contributed by atoms with Gasteiger partial charge in [-0.15, -0.1) is 0 Å². The summed E-state index contributed by atoms with van der Waals surface area (Å²) in [5, 5.41) is 5.55. The van der Waals surface area contributed by atoms with E-state index in [2.05, 4.69) is 20.3 Å². The molecule has 0 aliphatic carbocycles. The van der Waals surface area contributed by atoms with Crippen molar-refractivity contribution in [3.05, 3.63) is 95.2 Å². The fraction of sp³-hybridized carbons (Fsp3) is 0. The molecule has 29 heavy (non-hydrogen) atoms. The Kier molecular flexibility index (Phi) is 4.02. The van der Waals surface area contributed by atoms with Gasteiger partial charge in [0.05, 0.1) is 5.39 Å². The fourth-order valence-corrected chi connectivity index (χ4v) is 3.48. The van der Waals surface area contributed by atoms with Crippen LogP contribution in [0.3, 0.4) is 0 Å². The van der Waals surface area contributed by atoms with Gasteiger partial charge in [-0.05, 0) is 46.7 Å². The highest BCUT2D eigenvalue weighted by Crippen LogP contribution is 2.31. The molecule has 0 saturated carbocycles. The van der Waals surface area contributed by atoms with Crippen molar-refractivity contribution in [2.75, 3.05) is 5.32 Å². The Morgan fingerprint density at radius 1 is 0.862 bits per heavy atom. The van der Waals surface area contributed by atoms with E-state index in [0.29, 0.717) is 16.7 Å². The normalized spacial score (nSPS) is 11.1. The van der Waals surface area contributed by atoms with Crippen molar-refractivity contribution in [2.45, 2.75) is 0 Å². The maximum absolute atomic E-state index is 13.1. The van der Waals surface area contributed by atoms with Crippen molar-refractivity contribution >= 4 is 33.4 Å². The van der Waals surface area contributed by atoms with Crippen molar-refractivity contribution in [1.82, 2.24) is 15.0 Å². The van der Waals surface area contributed by atoms with Crippen molar-refractivity contribution in [3.63, 3.8) is 0 Å². The molecule has 3 aromatic carbocycles. The molecule has 0 atom stereocenters. The SMILES string of the molecule is O=c1[nH]c(Nc2ccc(F)cc2)nc2nccc(-c3cccc4ccccc34)c12. The summed E-state index contributed by atoms with van der Waals surface area (Å²) in [4.78, 5) is 24.4. The minimum atomic E-state index is -0.336. The Morgan fingerprint density at radius 2 is 1.66 bits per heavy atom. The quantitative estimate of drug-likeness (QED) is 0.460. The molecule has 140 valence electrons. The third kappa shape index (κ3) is 3.10. The van der Waals surface area contributed by atoms with Gasteiger partial charge in [-0.3, -0.25) is 9.78 Å². The number of aromatic amines is 1. The Bertz CT molecular complexity index is 1410. The van der Waals surface area contributed by atoms with E-state index in [1.807, 2.05) is 48.5 Å². The topological polar surface area (TPSA) is 70.7 Å². The summed E-state index contributed by atoms with van der Waals surface area (Å²) in [6.45, 7) is 0. The van der Waals surface area contributed by atoms with Crippen molar-refractivity contribution in [3.8, 4) is 11.1 Å². The lowest BCUT2D eigenvalue weighted by Gasteiger charge is -2.10. The number of H-pyrrole nitrogens is 1. The first-order valence-electron chi connectivity index (χ1n) is 9.09. The number of nitrogens with zero attached hydrogens (tertiary/aromatic N) is 2. The first-order chi connectivity index (χ1) is 14.2. The summed E-state index contributed by atoms with van der Waals surface area (Å²) >= 11 is 0. The molecule has 2 aromatic heterocycles. The van der Waals surface area contributed by atoms with Gasteiger partial charge in [0.1, 0.15) is 5.82 Å². The molecule has 5 nitrogen and oxygen atoms in total. The third-order valence-electron chi connectivity index (χ3n) is 4.79. The molecule has 5 aromatic rings. The van der Waals surface area contributed by atoms with Gasteiger partial charge in [0.25, 0.3) is 5.56 Å². The molecule has 0 bridgehead atoms. The number of benzene rings is 3. The minimum absolute atomic E-state index is 0.247. The molecular formula is C23H15FN4O. The van der Waals surface area contributed by atoms with Crippen LogP contribution >= 0.6 is 0 Å². The number of fused-ring (bicyclic) bond motifs is 2. The second-order valence-electron chi connectivity index (χ2n) is 6.63.